The van der Waals surface area contributed by atoms with Gasteiger partial charge in [0.25, 0.3) is 0 Å². The first-order valence-corrected chi connectivity index (χ1v) is 12.3. The highest BCUT2D eigenvalue weighted by atomic mass is 35.5. The van der Waals surface area contributed by atoms with Crippen LogP contribution in [0.5, 0.6) is 5.75 Å². The van der Waals surface area contributed by atoms with Gasteiger partial charge in [0, 0.05) is 30.9 Å². The van der Waals surface area contributed by atoms with E-state index < -0.39 is 26.8 Å². The van der Waals surface area contributed by atoms with Crippen molar-refractivity contribution in [3.63, 3.8) is 0 Å². The van der Waals surface area contributed by atoms with E-state index in [0.29, 0.717) is 22.3 Å². The van der Waals surface area contributed by atoms with Crippen LogP contribution in [0.2, 0.25) is 5.02 Å². The van der Waals surface area contributed by atoms with Crippen molar-refractivity contribution in [1.82, 2.24) is 4.90 Å². The zero-order chi connectivity index (χ0) is 26.3. The minimum absolute atomic E-state index is 0.0924. The van der Waals surface area contributed by atoms with Crippen molar-refractivity contribution >= 4 is 33.4 Å². The van der Waals surface area contributed by atoms with E-state index in [1.165, 1.54) is 24.1 Å². The van der Waals surface area contributed by atoms with E-state index >= 15 is 0 Å². The highest BCUT2D eigenvalue weighted by Crippen LogP contribution is 2.31. The molecule has 0 aliphatic heterocycles. The number of methoxy groups -OCH3 is 1. The van der Waals surface area contributed by atoms with E-state index in [1.807, 2.05) is 0 Å². The van der Waals surface area contributed by atoms with Gasteiger partial charge in [-0.1, -0.05) is 29.8 Å². The van der Waals surface area contributed by atoms with Crippen LogP contribution in [-0.2, 0) is 27.6 Å². The summed E-state index contributed by atoms with van der Waals surface area (Å²) in [7, 11) is -2.99. The van der Waals surface area contributed by atoms with Crippen LogP contribution >= 0.6 is 11.6 Å². The Morgan fingerprint density at radius 2 is 1.69 bits per heavy atom. The summed E-state index contributed by atoms with van der Waals surface area (Å²) < 4.78 is 73.8. The van der Waals surface area contributed by atoms with Gasteiger partial charge in [0.15, 0.2) is 0 Å². The number of nitrogens with one attached hydrogen (secondary N) is 1. The van der Waals surface area contributed by atoms with Crippen LogP contribution in [0.4, 0.5) is 23.7 Å². The number of halogens is 4. The molecule has 0 fully saturated rings. The highest BCUT2D eigenvalue weighted by Gasteiger charge is 2.32. The lowest BCUT2D eigenvalue weighted by Crippen LogP contribution is -2.36. The normalized spacial score (nSPS) is 11.7. The Kier molecular flexibility index (Phi) is 8.83. The molecular formula is C24H22ClF3N2O5S. The predicted molar refractivity (Wildman–Crippen MR) is 128 cm³/mol. The molecule has 192 valence electrons. The molecule has 0 bridgehead atoms. The Hall–Kier alpha value is -3.28. The summed E-state index contributed by atoms with van der Waals surface area (Å²) in [6.45, 7) is 0.728. The maximum atomic E-state index is 12.9. The SMILES string of the molecule is COCCN(Cc1ccc(OS(=O)(=O)c2cccc(C(F)(F)F)c2)cc1)C(=O)Nc1ccc(Cl)cc1. The molecule has 0 heterocycles. The number of carbonyl (C=O) groups excluding carboxylic acids is 1. The third-order valence-corrected chi connectivity index (χ3v) is 6.40. The average molecular weight is 543 g/mol. The summed E-state index contributed by atoms with van der Waals surface area (Å²) in [5.74, 6) is -0.0924. The van der Waals surface area contributed by atoms with Crippen LogP contribution in [0.15, 0.2) is 77.7 Å². The number of urea groups is 1. The van der Waals surface area contributed by atoms with Gasteiger partial charge in [-0.15, -0.1) is 0 Å². The number of rotatable bonds is 9. The van der Waals surface area contributed by atoms with E-state index in [0.717, 1.165) is 18.2 Å². The summed E-state index contributed by atoms with van der Waals surface area (Å²) in [6.07, 6.45) is -4.69. The van der Waals surface area contributed by atoms with E-state index in [9.17, 15) is 26.4 Å². The number of ether oxygens (including phenoxy) is 1. The molecule has 1 N–H and O–H groups in total. The van der Waals surface area contributed by atoms with E-state index in [4.69, 9.17) is 20.5 Å². The molecule has 0 aliphatic carbocycles. The lowest BCUT2D eigenvalue weighted by atomic mass is 10.2. The van der Waals surface area contributed by atoms with Crippen molar-refractivity contribution < 1.29 is 35.3 Å². The van der Waals surface area contributed by atoms with Gasteiger partial charge >= 0.3 is 22.3 Å². The van der Waals surface area contributed by atoms with Gasteiger partial charge in [-0.3, -0.25) is 0 Å². The topological polar surface area (TPSA) is 84.9 Å². The summed E-state index contributed by atoms with van der Waals surface area (Å²) >= 11 is 5.87. The van der Waals surface area contributed by atoms with Crippen molar-refractivity contribution in [2.45, 2.75) is 17.6 Å². The quantitative estimate of drug-likeness (QED) is 0.345. The summed E-state index contributed by atoms with van der Waals surface area (Å²) in [5.41, 5.74) is 0.104. The molecule has 0 radical (unpaired) electrons. The van der Waals surface area contributed by atoms with Crippen LogP contribution < -0.4 is 9.50 Å². The maximum absolute atomic E-state index is 12.9. The monoisotopic (exact) mass is 542 g/mol. The first-order valence-electron chi connectivity index (χ1n) is 10.5. The van der Waals surface area contributed by atoms with Crippen LogP contribution in [0.25, 0.3) is 0 Å². The van der Waals surface area contributed by atoms with Gasteiger partial charge < -0.3 is 19.1 Å². The van der Waals surface area contributed by atoms with Crippen molar-refractivity contribution in [3.8, 4) is 5.75 Å². The Morgan fingerprint density at radius 3 is 2.31 bits per heavy atom. The zero-order valence-corrected chi connectivity index (χ0v) is 20.5. The minimum atomic E-state index is -4.69. The molecule has 0 aliphatic rings. The summed E-state index contributed by atoms with van der Waals surface area (Å²) in [5, 5.41) is 3.29. The molecule has 3 rings (SSSR count). The lowest BCUT2D eigenvalue weighted by molar-refractivity contribution is -0.137. The Morgan fingerprint density at radius 1 is 1.03 bits per heavy atom. The largest absolute Gasteiger partial charge is 0.416 e. The molecule has 2 amide bonds. The molecule has 0 aromatic heterocycles. The number of anilines is 1. The summed E-state index contributed by atoms with van der Waals surface area (Å²) in [4.78, 5) is 13.6. The van der Waals surface area contributed by atoms with Gasteiger partial charge in [0.2, 0.25) is 0 Å². The third kappa shape index (κ3) is 7.61. The number of amides is 2. The number of nitrogens with zero attached hydrogens (tertiary/aromatic N) is 1. The van der Waals surface area contributed by atoms with Gasteiger partial charge in [-0.05, 0) is 60.2 Å². The Balaban J connectivity index is 1.70. The van der Waals surface area contributed by atoms with Crippen molar-refractivity contribution in [2.24, 2.45) is 0 Å². The van der Waals surface area contributed by atoms with Crippen molar-refractivity contribution in [3.05, 3.63) is 88.9 Å². The third-order valence-electron chi connectivity index (χ3n) is 4.90. The van der Waals surface area contributed by atoms with E-state index in [2.05, 4.69) is 5.32 Å². The Bertz CT molecular complexity index is 1280. The highest BCUT2D eigenvalue weighted by molar-refractivity contribution is 7.87. The van der Waals surface area contributed by atoms with Gasteiger partial charge in [0.1, 0.15) is 10.6 Å². The van der Waals surface area contributed by atoms with Crippen molar-refractivity contribution in [2.75, 3.05) is 25.6 Å². The van der Waals surface area contributed by atoms with E-state index in [1.54, 1.807) is 36.4 Å². The minimum Gasteiger partial charge on any atom is -0.383 e. The fourth-order valence-electron chi connectivity index (χ4n) is 3.06. The predicted octanol–water partition coefficient (Wildman–Crippen LogP) is 5.81. The van der Waals surface area contributed by atoms with Crippen LogP contribution in [0.1, 0.15) is 11.1 Å². The fourth-order valence-corrected chi connectivity index (χ4v) is 4.17. The zero-order valence-electron chi connectivity index (χ0n) is 19.0. The van der Waals surface area contributed by atoms with Crippen LogP contribution in [0.3, 0.4) is 0 Å². The number of alkyl halides is 3. The second-order valence-corrected chi connectivity index (χ2v) is 9.54. The van der Waals surface area contributed by atoms with E-state index in [-0.39, 0.29) is 31.5 Å². The van der Waals surface area contributed by atoms with Crippen LogP contribution in [0, 0.1) is 0 Å². The smallest absolute Gasteiger partial charge is 0.383 e. The molecule has 7 nitrogen and oxygen atoms in total. The second-order valence-electron chi connectivity index (χ2n) is 7.56. The molecule has 0 saturated heterocycles. The molecule has 36 heavy (non-hydrogen) atoms. The Labute approximate surface area is 211 Å². The molecule has 0 spiro atoms. The fraction of sp³-hybridized carbons (Fsp3) is 0.208. The average Bonchev–Trinajstić information content (AvgIpc) is 2.83. The number of carbonyl (C=O) groups is 1. The van der Waals surface area contributed by atoms with Gasteiger partial charge in [-0.25, -0.2) is 4.79 Å². The second kappa shape index (κ2) is 11.6. The molecule has 3 aromatic rings. The van der Waals surface area contributed by atoms with Gasteiger partial charge in [0.05, 0.1) is 12.2 Å². The first kappa shape index (κ1) is 27.3. The molecule has 12 heteroatoms. The molecule has 0 saturated carbocycles. The van der Waals surface area contributed by atoms with Gasteiger partial charge in [-0.2, -0.15) is 21.6 Å². The maximum Gasteiger partial charge on any atom is 0.416 e. The lowest BCUT2D eigenvalue weighted by Gasteiger charge is -2.23. The standard InChI is InChI=1S/C24H22ClF3N2O5S/c1-34-14-13-30(23(31)29-20-9-7-19(25)8-10-20)16-17-5-11-21(12-6-17)35-36(32,33)22-4-2-3-18(15-22)24(26,27)28/h2-12,15H,13-14,16H2,1H3,(H,29,31). The van der Waals surface area contributed by atoms with Crippen molar-refractivity contribution in [1.29, 1.82) is 0 Å². The number of hydrogen-bond donors (Lipinski definition) is 1. The first-order chi connectivity index (χ1) is 17.0. The molecular weight excluding hydrogens is 521 g/mol. The van der Waals surface area contributed by atoms with Crippen LogP contribution in [-0.4, -0.2) is 39.6 Å². The molecule has 3 aromatic carbocycles. The molecule has 0 atom stereocenters. The summed E-state index contributed by atoms with van der Waals surface area (Å²) in [6, 6.07) is 15.3. The number of hydrogen-bond acceptors (Lipinski definition) is 5. The number of benzene rings is 3. The molecule has 0 unspecified atom stereocenters.